The summed E-state index contributed by atoms with van der Waals surface area (Å²) in [4.78, 5) is 12.5. The topological polar surface area (TPSA) is 115 Å². The van der Waals surface area contributed by atoms with Gasteiger partial charge < -0.3 is 25.5 Å². The molecular weight excluding hydrogens is 377 g/mol. The van der Waals surface area contributed by atoms with Gasteiger partial charge in [-0.05, 0) is 29.8 Å². The van der Waals surface area contributed by atoms with Crippen molar-refractivity contribution < 1.29 is 19.0 Å². The Morgan fingerprint density at radius 2 is 2.00 bits per heavy atom. The maximum Gasteiger partial charge on any atom is 0.251 e. The monoisotopic (exact) mass is 399 g/mol. The molecular formula is C20H22FN5O3. The Morgan fingerprint density at radius 1 is 1.24 bits per heavy atom. The first-order chi connectivity index (χ1) is 14.1. The summed E-state index contributed by atoms with van der Waals surface area (Å²) < 4.78 is 21.6. The predicted molar refractivity (Wildman–Crippen MR) is 105 cm³/mol. The van der Waals surface area contributed by atoms with Gasteiger partial charge in [-0.2, -0.15) is 0 Å². The van der Waals surface area contributed by atoms with E-state index in [1.807, 2.05) is 0 Å². The van der Waals surface area contributed by atoms with Crippen molar-refractivity contribution in [2.24, 2.45) is 5.73 Å². The highest BCUT2D eigenvalue weighted by atomic mass is 19.1. The summed E-state index contributed by atoms with van der Waals surface area (Å²) in [7, 11) is 0. The molecule has 3 rings (SSSR count). The molecule has 0 aliphatic rings. The van der Waals surface area contributed by atoms with E-state index in [1.165, 1.54) is 12.1 Å². The van der Waals surface area contributed by atoms with E-state index in [0.717, 1.165) is 0 Å². The number of carbonyl (C=O) groups is 1. The number of para-hydroxylation sites is 1. The number of nitrogens with one attached hydrogen (secondary N) is 1. The van der Waals surface area contributed by atoms with E-state index in [1.54, 1.807) is 47.6 Å². The van der Waals surface area contributed by atoms with E-state index in [2.05, 4.69) is 15.5 Å². The van der Waals surface area contributed by atoms with Crippen LogP contribution in [0.3, 0.4) is 0 Å². The number of aromatic nitrogens is 3. The van der Waals surface area contributed by atoms with Gasteiger partial charge in [0.15, 0.2) is 0 Å². The summed E-state index contributed by atoms with van der Waals surface area (Å²) in [6.07, 6.45) is 2.29. The first-order valence-electron chi connectivity index (χ1n) is 9.08. The number of aliphatic hydroxyl groups is 1. The Hall–Kier alpha value is -3.30. The van der Waals surface area contributed by atoms with E-state index in [9.17, 15) is 14.3 Å². The highest BCUT2D eigenvalue weighted by molar-refractivity contribution is 5.95. The zero-order valence-corrected chi connectivity index (χ0v) is 15.7. The Morgan fingerprint density at radius 3 is 2.76 bits per heavy atom. The largest absolute Gasteiger partial charge is 0.490 e. The van der Waals surface area contributed by atoms with Crippen molar-refractivity contribution >= 4 is 5.91 Å². The third kappa shape index (κ3) is 5.59. The summed E-state index contributed by atoms with van der Waals surface area (Å²) in [6, 6.07) is 11.1. The average molecular weight is 399 g/mol. The molecule has 9 heteroatoms. The summed E-state index contributed by atoms with van der Waals surface area (Å²) in [5, 5.41) is 19.7. The molecule has 152 valence electrons. The average Bonchev–Trinajstić information content (AvgIpc) is 3.25. The number of nitrogens with zero attached hydrogens (tertiary/aromatic N) is 3. The van der Waals surface area contributed by atoms with E-state index < -0.39 is 17.8 Å². The van der Waals surface area contributed by atoms with Crippen LogP contribution in [0.2, 0.25) is 0 Å². The van der Waals surface area contributed by atoms with E-state index in [0.29, 0.717) is 30.0 Å². The standard InChI is InChI=1S/C20H22FN5O3/c21-16-8-14(18-3-1-2-4-19(18)29-11-17(27)10-22)7-15(9-16)20(28)23-5-6-26-12-24-25-13-26/h1-4,7-9,12-13,17,27H,5-6,10-11,22H2,(H,23,28)/t17-/m0/s1. The molecule has 1 atom stereocenters. The molecule has 2 aromatic carbocycles. The lowest BCUT2D eigenvalue weighted by Crippen LogP contribution is -2.27. The molecule has 4 N–H and O–H groups in total. The Bertz CT molecular complexity index is 949. The minimum Gasteiger partial charge on any atom is -0.490 e. The summed E-state index contributed by atoms with van der Waals surface area (Å²) >= 11 is 0. The van der Waals surface area contributed by atoms with Crippen molar-refractivity contribution in [3.05, 3.63) is 66.5 Å². The molecule has 3 aromatic rings. The lowest BCUT2D eigenvalue weighted by Gasteiger charge is -2.15. The summed E-state index contributed by atoms with van der Waals surface area (Å²) in [5.74, 6) is -0.469. The third-order valence-corrected chi connectivity index (χ3v) is 4.18. The Balaban J connectivity index is 1.75. The number of hydrogen-bond donors (Lipinski definition) is 3. The lowest BCUT2D eigenvalue weighted by molar-refractivity contribution is 0.0952. The van der Waals surface area contributed by atoms with Gasteiger partial charge in [-0.1, -0.05) is 18.2 Å². The fourth-order valence-corrected chi connectivity index (χ4v) is 2.70. The van der Waals surface area contributed by atoms with Crippen LogP contribution in [-0.4, -0.2) is 51.6 Å². The molecule has 0 saturated carbocycles. The highest BCUT2D eigenvalue weighted by Crippen LogP contribution is 2.31. The van der Waals surface area contributed by atoms with Crippen molar-refractivity contribution in [1.29, 1.82) is 0 Å². The maximum absolute atomic E-state index is 14.2. The number of hydrogen-bond acceptors (Lipinski definition) is 6. The van der Waals surface area contributed by atoms with Crippen molar-refractivity contribution in [2.75, 3.05) is 19.7 Å². The van der Waals surface area contributed by atoms with Crippen molar-refractivity contribution in [2.45, 2.75) is 12.6 Å². The van der Waals surface area contributed by atoms with E-state index >= 15 is 0 Å². The van der Waals surface area contributed by atoms with Crippen molar-refractivity contribution in [3.8, 4) is 16.9 Å². The molecule has 1 amide bonds. The maximum atomic E-state index is 14.2. The second kappa shape index (κ2) is 9.76. The number of rotatable bonds is 9. The molecule has 8 nitrogen and oxygen atoms in total. The van der Waals surface area contributed by atoms with E-state index in [4.69, 9.17) is 10.5 Å². The van der Waals surface area contributed by atoms with Crippen LogP contribution in [0, 0.1) is 5.82 Å². The molecule has 0 aliphatic heterocycles. The zero-order chi connectivity index (χ0) is 20.6. The van der Waals surface area contributed by atoms with Gasteiger partial charge in [-0.15, -0.1) is 10.2 Å². The third-order valence-electron chi connectivity index (χ3n) is 4.18. The molecule has 1 aromatic heterocycles. The van der Waals surface area contributed by atoms with Crippen LogP contribution in [-0.2, 0) is 6.54 Å². The Labute approximate surface area is 167 Å². The fraction of sp³-hybridized carbons (Fsp3) is 0.250. The number of halogens is 1. The van der Waals surface area contributed by atoms with Gasteiger partial charge >= 0.3 is 0 Å². The van der Waals surface area contributed by atoms with Gasteiger partial charge in [-0.3, -0.25) is 4.79 Å². The van der Waals surface area contributed by atoms with Crippen LogP contribution in [0.25, 0.3) is 11.1 Å². The molecule has 0 bridgehead atoms. The second-order valence-corrected chi connectivity index (χ2v) is 6.38. The summed E-state index contributed by atoms with van der Waals surface area (Å²) in [5.41, 5.74) is 6.69. The molecule has 0 unspecified atom stereocenters. The van der Waals surface area contributed by atoms with Crippen LogP contribution in [0.4, 0.5) is 4.39 Å². The van der Waals surface area contributed by atoms with Crippen LogP contribution in [0.15, 0.2) is 55.1 Å². The van der Waals surface area contributed by atoms with Gasteiger partial charge in [0.2, 0.25) is 0 Å². The molecule has 29 heavy (non-hydrogen) atoms. The van der Waals surface area contributed by atoms with Crippen LogP contribution in [0.1, 0.15) is 10.4 Å². The molecule has 0 radical (unpaired) electrons. The normalized spacial score (nSPS) is 11.8. The van der Waals surface area contributed by atoms with E-state index in [-0.39, 0.29) is 18.7 Å². The molecule has 0 aliphatic carbocycles. The summed E-state index contributed by atoms with van der Waals surface area (Å²) in [6.45, 7) is 0.932. The van der Waals surface area contributed by atoms with Crippen molar-refractivity contribution in [1.82, 2.24) is 20.1 Å². The molecule has 0 spiro atoms. The first kappa shape index (κ1) is 20.4. The highest BCUT2D eigenvalue weighted by Gasteiger charge is 2.13. The van der Waals surface area contributed by atoms with Crippen molar-refractivity contribution in [3.63, 3.8) is 0 Å². The SMILES string of the molecule is NC[C@H](O)COc1ccccc1-c1cc(F)cc(C(=O)NCCn2cnnc2)c1. The van der Waals surface area contributed by atoms with Crippen LogP contribution < -0.4 is 15.8 Å². The van der Waals surface area contributed by atoms with Gasteiger partial charge in [0.1, 0.15) is 36.9 Å². The quantitative estimate of drug-likeness (QED) is 0.498. The minimum absolute atomic E-state index is 0.0132. The fourth-order valence-electron chi connectivity index (χ4n) is 2.70. The smallest absolute Gasteiger partial charge is 0.251 e. The minimum atomic E-state index is -0.803. The van der Waals surface area contributed by atoms with Gasteiger partial charge in [0, 0.05) is 30.8 Å². The number of carbonyl (C=O) groups excluding carboxylic acids is 1. The van der Waals surface area contributed by atoms with Gasteiger partial charge in [-0.25, -0.2) is 4.39 Å². The van der Waals surface area contributed by atoms with Gasteiger partial charge in [0.25, 0.3) is 5.91 Å². The Kier molecular flexibility index (Phi) is 6.88. The number of amides is 1. The van der Waals surface area contributed by atoms with Crippen LogP contribution >= 0.6 is 0 Å². The number of nitrogens with two attached hydrogens (primary N) is 1. The molecule has 0 fully saturated rings. The van der Waals surface area contributed by atoms with Gasteiger partial charge in [0.05, 0.1) is 0 Å². The predicted octanol–water partition coefficient (Wildman–Crippen LogP) is 1.21. The number of ether oxygens (including phenoxy) is 1. The number of benzene rings is 2. The molecule has 0 saturated heterocycles. The first-order valence-corrected chi connectivity index (χ1v) is 9.08. The molecule has 1 heterocycles. The number of aliphatic hydroxyl groups excluding tert-OH is 1. The van der Waals surface area contributed by atoms with Crippen LogP contribution in [0.5, 0.6) is 5.75 Å². The lowest BCUT2D eigenvalue weighted by atomic mass is 10.0. The second-order valence-electron chi connectivity index (χ2n) is 6.38. The zero-order valence-electron chi connectivity index (χ0n) is 15.7.